The van der Waals surface area contributed by atoms with Crippen molar-refractivity contribution < 1.29 is 14.6 Å². The number of aliphatic hydroxyl groups is 1. The Balaban J connectivity index is 1.23. The summed E-state index contributed by atoms with van der Waals surface area (Å²) in [6.07, 6.45) is 2.92. The van der Waals surface area contributed by atoms with Gasteiger partial charge in [-0.15, -0.1) is 0 Å². The highest BCUT2D eigenvalue weighted by Gasteiger charge is 2.27. The molecule has 1 aliphatic carbocycles. The first kappa shape index (κ1) is 22.8. The van der Waals surface area contributed by atoms with Crippen molar-refractivity contribution in [2.24, 2.45) is 0 Å². The van der Waals surface area contributed by atoms with E-state index in [1.807, 2.05) is 0 Å². The van der Waals surface area contributed by atoms with Crippen LogP contribution in [0.25, 0.3) is 10.8 Å². The van der Waals surface area contributed by atoms with Gasteiger partial charge in [0.1, 0.15) is 5.75 Å². The monoisotopic (exact) mass is 433 g/mol. The molecule has 1 saturated carbocycles. The van der Waals surface area contributed by atoms with Gasteiger partial charge < -0.3 is 19.5 Å². The summed E-state index contributed by atoms with van der Waals surface area (Å²) in [6.45, 7) is 4.42. The number of fused-ring (bicyclic) bond motifs is 1. The molecule has 0 radical (unpaired) electrons. The number of rotatable bonds is 11. The molecule has 0 amide bonds. The van der Waals surface area contributed by atoms with E-state index in [0.717, 1.165) is 24.3 Å². The lowest BCUT2D eigenvalue weighted by Gasteiger charge is -2.21. The van der Waals surface area contributed by atoms with Crippen LogP contribution in [0.5, 0.6) is 5.75 Å². The van der Waals surface area contributed by atoms with Crippen LogP contribution in [0.15, 0.2) is 54.6 Å². The minimum Gasteiger partial charge on any atom is -0.496 e. The Hall–Kier alpha value is -2.40. The Labute approximate surface area is 191 Å². The molecule has 4 rings (SSSR count). The lowest BCUT2D eigenvalue weighted by atomic mass is 10.0. The molecule has 32 heavy (non-hydrogen) atoms. The number of hydrogen-bond acceptors (Lipinski definition) is 4. The van der Waals surface area contributed by atoms with E-state index in [2.05, 4.69) is 73.5 Å². The predicted octanol–water partition coefficient (Wildman–Crippen LogP) is 5.09. The normalized spacial score (nSPS) is 14.8. The quantitative estimate of drug-likeness (QED) is 0.458. The summed E-state index contributed by atoms with van der Waals surface area (Å²) in [7, 11) is 3.78. The molecular formula is C28H35NO3. The molecule has 1 N–H and O–H groups in total. The summed E-state index contributed by atoms with van der Waals surface area (Å²) in [4.78, 5) is 2.17. The van der Waals surface area contributed by atoms with E-state index in [9.17, 15) is 5.11 Å². The Kier molecular flexibility index (Phi) is 7.46. The van der Waals surface area contributed by atoms with Crippen LogP contribution in [0, 0.1) is 6.92 Å². The number of aliphatic hydroxyl groups excluding tert-OH is 1. The predicted molar refractivity (Wildman–Crippen MR) is 131 cm³/mol. The second-order valence-electron chi connectivity index (χ2n) is 9.13. The fourth-order valence-electron chi connectivity index (χ4n) is 4.44. The Morgan fingerprint density at radius 1 is 1.09 bits per heavy atom. The number of nitrogens with zero attached hydrogens (tertiary/aromatic N) is 1. The van der Waals surface area contributed by atoms with Gasteiger partial charge in [-0.2, -0.15) is 0 Å². The van der Waals surface area contributed by atoms with Crippen LogP contribution in [0.1, 0.15) is 41.0 Å². The van der Waals surface area contributed by atoms with Gasteiger partial charge in [0.25, 0.3) is 0 Å². The van der Waals surface area contributed by atoms with Crippen LogP contribution in [0.2, 0.25) is 0 Å². The molecule has 4 nitrogen and oxygen atoms in total. The Morgan fingerprint density at radius 3 is 2.69 bits per heavy atom. The molecule has 0 unspecified atom stereocenters. The summed E-state index contributed by atoms with van der Waals surface area (Å²) in [5.74, 6) is 1.59. The molecule has 0 aliphatic heterocycles. The molecule has 1 aliphatic rings. The van der Waals surface area contributed by atoms with Gasteiger partial charge in [0.05, 0.1) is 26.4 Å². The second-order valence-corrected chi connectivity index (χ2v) is 9.13. The van der Waals surface area contributed by atoms with Crippen molar-refractivity contribution in [2.45, 2.75) is 44.8 Å². The molecule has 4 heteroatoms. The molecule has 0 aromatic heterocycles. The van der Waals surface area contributed by atoms with E-state index in [0.29, 0.717) is 25.7 Å². The van der Waals surface area contributed by atoms with Crippen LogP contribution in [0.3, 0.4) is 0 Å². The fourth-order valence-corrected chi connectivity index (χ4v) is 4.44. The number of methoxy groups -OCH3 is 1. The van der Waals surface area contributed by atoms with Gasteiger partial charge in [-0.05, 0) is 66.6 Å². The maximum Gasteiger partial charge on any atom is 0.127 e. The SMILES string of the molecule is COc1c(COC[C@H](O)CN(C)CCc2ccc3cccc(C)c3c2)cccc1C1CC1. The van der Waals surface area contributed by atoms with Crippen molar-refractivity contribution in [3.63, 3.8) is 0 Å². The number of hydrogen-bond donors (Lipinski definition) is 1. The van der Waals surface area contributed by atoms with Gasteiger partial charge in [-0.25, -0.2) is 0 Å². The van der Waals surface area contributed by atoms with E-state index < -0.39 is 6.10 Å². The third-order valence-corrected chi connectivity index (χ3v) is 6.39. The zero-order valence-corrected chi connectivity index (χ0v) is 19.5. The number of ether oxygens (including phenoxy) is 2. The average Bonchev–Trinajstić information content (AvgIpc) is 3.63. The Bertz CT molecular complexity index is 1040. The molecule has 0 heterocycles. The summed E-state index contributed by atoms with van der Waals surface area (Å²) >= 11 is 0. The van der Waals surface area contributed by atoms with Gasteiger partial charge in [-0.1, -0.05) is 54.6 Å². The molecule has 3 aromatic carbocycles. The number of benzene rings is 3. The number of para-hydroxylation sites is 1. The maximum atomic E-state index is 10.5. The first-order valence-corrected chi connectivity index (χ1v) is 11.6. The molecule has 0 spiro atoms. The standard InChI is InChI=1S/C28H35NO3/c1-20-6-4-7-22-11-10-21(16-27(20)22)14-15-29(2)17-25(30)19-32-18-24-8-5-9-26(23-12-13-23)28(24)31-3/h4-11,16,23,25,30H,12-15,17-19H2,1-3H3/t25-/m1/s1. The number of likely N-dealkylation sites (N-methyl/N-ethyl adjacent to an activating group) is 1. The molecule has 3 aromatic rings. The lowest BCUT2D eigenvalue weighted by Crippen LogP contribution is -2.33. The average molecular weight is 434 g/mol. The van der Waals surface area contributed by atoms with E-state index >= 15 is 0 Å². The molecule has 170 valence electrons. The van der Waals surface area contributed by atoms with Crippen LogP contribution >= 0.6 is 0 Å². The first-order valence-electron chi connectivity index (χ1n) is 11.6. The van der Waals surface area contributed by atoms with Gasteiger partial charge in [-0.3, -0.25) is 0 Å². The summed E-state index contributed by atoms with van der Waals surface area (Å²) in [5, 5.41) is 13.1. The minimum absolute atomic E-state index is 0.316. The molecule has 0 saturated heterocycles. The highest BCUT2D eigenvalue weighted by molar-refractivity contribution is 5.86. The molecular weight excluding hydrogens is 398 g/mol. The van der Waals surface area contributed by atoms with Crippen LogP contribution in [-0.2, 0) is 17.8 Å². The van der Waals surface area contributed by atoms with E-state index in [1.165, 1.54) is 40.3 Å². The largest absolute Gasteiger partial charge is 0.496 e. The summed E-state index contributed by atoms with van der Waals surface area (Å²) in [6, 6.07) is 19.4. The van der Waals surface area contributed by atoms with Gasteiger partial charge in [0, 0.05) is 18.7 Å². The highest BCUT2D eigenvalue weighted by atomic mass is 16.5. The third kappa shape index (κ3) is 5.69. The number of aryl methyl sites for hydroxylation is 1. The molecule has 1 atom stereocenters. The Morgan fingerprint density at radius 2 is 1.91 bits per heavy atom. The smallest absolute Gasteiger partial charge is 0.127 e. The van der Waals surface area contributed by atoms with Gasteiger partial charge in [0.15, 0.2) is 0 Å². The van der Waals surface area contributed by atoms with Crippen molar-refractivity contribution >= 4 is 10.8 Å². The van der Waals surface area contributed by atoms with Crippen LogP contribution in [0.4, 0.5) is 0 Å². The van der Waals surface area contributed by atoms with Crippen LogP contribution in [-0.4, -0.2) is 50.0 Å². The van der Waals surface area contributed by atoms with E-state index in [4.69, 9.17) is 9.47 Å². The molecule has 0 bridgehead atoms. The van der Waals surface area contributed by atoms with Crippen molar-refractivity contribution in [1.29, 1.82) is 0 Å². The lowest BCUT2D eigenvalue weighted by molar-refractivity contribution is 0.0133. The maximum absolute atomic E-state index is 10.5. The summed E-state index contributed by atoms with van der Waals surface area (Å²) < 4.78 is 11.5. The van der Waals surface area contributed by atoms with E-state index in [-0.39, 0.29) is 0 Å². The van der Waals surface area contributed by atoms with Crippen molar-refractivity contribution in [3.05, 3.63) is 76.9 Å². The first-order chi connectivity index (χ1) is 15.5. The van der Waals surface area contributed by atoms with E-state index in [1.54, 1.807) is 7.11 Å². The van der Waals surface area contributed by atoms with Crippen molar-refractivity contribution in [2.75, 3.05) is 33.9 Å². The van der Waals surface area contributed by atoms with Gasteiger partial charge in [0.2, 0.25) is 0 Å². The zero-order chi connectivity index (χ0) is 22.5. The molecule has 1 fully saturated rings. The second kappa shape index (κ2) is 10.5. The zero-order valence-electron chi connectivity index (χ0n) is 19.5. The third-order valence-electron chi connectivity index (χ3n) is 6.39. The fraction of sp³-hybridized carbons (Fsp3) is 0.429. The van der Waals surface area contributed by atoms with Crippen LogP contribution < -0.4 is 4.74 Å². The highest BCUT2D eigenvalue weighted by Crippen LogP contribution is 2.45. The van der Waals surface area contributed by atoms with Gasteiger partial charge >= 0.3 is 0 Å². The topological polar surface area (TPSA) is 41.9 Å². The minimum atomic E-state index is -0.517. The van der Waals surface area contributed by atoms with Crippen molar-refractivity contribution in [1.82, 2.24) is 4.90 Å². The summed E-state index contributed by atoms with van der Waals surface area (Å²) in [5.41, 5.74) is 4.98. The van der Waals surface area contributed by atoms with Crippen molar-refractivity contribution in [3.8, 4) is 5.75 Å².